The van der Waals surface area contributed by atoms with Crippen molar-refractivity contribution in [3.8, 4) is 17.2 Å². The highest BCUT2D eigenvalue weighted by molar-refractivity contribution is 5.94. The zero-order valence-electron chi connectivity index (χ0n) is 13.9. The Kier molecular flexibility index (Phi) is 5.04. The molecule has 0 aromatic heterocycles. The number of carbonyl (C=O) groups excluding carboxylic acids is 1. The van der Waals surface area contributed by atoms with Crippen LogP contribution in [-0.2, 0) is 17.9 Å². The first-order valence-electron chi connectivity index (χ1n) is 7.64. The van der Waals surface area contributed by atoms with Gasteiger partial charge in [0.25, 0.3) is 5.91 Å². The topological polar surface area (TPSA) is 66.0 Å². The molecule has 7 heteroatoms. The van der Waals surface area contributed by atoms with E-state index in [-0.39, 0.29) is 25.9 Å². The number of ether oxygens (including phenoxy) is 4. The van der Waals surface area contributed by atoms with Gasteiger partial charge in [0.1, 0.15) is 11.6 Å². The third-order valence-electron chi connectivity index (χ3n) is 3.84. The Morgan fingerprint density at radius 3 is 2.76 bits per heavy atom. The van der Waals surface area contributed by atoms with Crippen molar-refractivity contribution in [3.63, 3.8) is 0 Å². The number of amides is 1. The van der Waals surface area contributed by atoms with E-state index in [1.54, 1.807) is 18.2 Å². The molecule has 1 N–H and O–H groups in total. The Bertz CT molecular complexity index is 793. The van der Waals surface area contributed by atoms with Crippen LogP contribution in [0.5, 0.6) is 17.2 Å². The van der Waals surface area contributed by atoms with Gasteiger partial charge < -0.3 is 24.3 Å². The standard InChI is InChI=1S/C18H18FNO5/c1-22-15-4-3-11(7-16(15)23-2)18(21)20-8-12-5-14(19)6-13-9-24-10-25-17(12)13/h3-7H,8-10H2,1-2H3,(H,20,21). The second kappa shape index (κ2) is 7.40. The molecule has 0 bridgehead atoms. The van der Waals surface area contributed by atoms with Gasteiger partial charge in [-0.05, 0) is 30.3 Å². The van der Waals surface area contributed by atoms with Crippen LogP contribution in [0.4, 0.5) is 4.39 Å². The summed E-state index contributed by atoms with van der Waals surface area (Å²) in [4.78, 5) is 12.4. The molecule has 1 aliphatic heterocycles. The predicted molar refractivity (Wildman–Crippen MR) is 87.4 cm³/mol. The molecule has 132 valence electrons. The smallest absolute Gasteiger partial charge is 0.251 e. The van der Waals surface area contributed by atoms with Gasteiger partial charge in [-0.3, -0.25) is 4.79 Å². The summed E-state index contributed by atoms with van der Waals surface area (Å²) >= 11 is 0. The molecular formula is C18H18FNO5. The lowest BCUT2D eigenvalue weighted by atomic mass is 10.1. The minimum atomic E-state index is -0.400. The molecule has 2 aromatic rings. The van der Waals surface area contributed by atoms with Crippen LogP contribution >= 0.6 is 0 Å². The van der Waals surface area contributed by atoms with Gasteiger partial charge in [-0.25, -0.2) is 4.39 Å². The quantitative estimate of drug-likeness (QED) is 0.901. The molecule has 25 heavy (non-hydrogen) atoms. The van der Waals surface area contributed by atoms with Crippen molar-refractivity contribution in [3.05, 3.63) is 52.8 Å². The largest absolute Gasteiger partial charge is 0.493 e. The van der Waals surface area contributed by atoms with Crippen LogP contribution < -0.4 is 19.5 Å². The van der Waals surface area contributed by atoms with E-state index in [2.05, 4.69) is 5.32 Å². The Balaban J connectivity index is 1.76. The molecule has 1 heterocycles. The number of hydrogen-bond donors (Lipinski definition) is 1. The minimum Gasteiger partial charge on any atom is -0.493 e. The Morgan fingerprint density at radius 2 is 2.00 bits per heavy atom. The number of fused-ring (bicyclic) bond motifs is 1. The van der Waals surface area contributed by atoms with E-state index < -0.39 is 5.82 Å². The van der Waals surface area contributed by atoms with Crippen molar-refractivity contribution in [2.45, 2.75) is 13.2 Å². The van der Waals surface area contributed by atoms with Crippen LogP contribution in [0.2, 0.25) is 0 Å². The summed E-state index contributed by atoms with van der Waals surface area (Å²) in [5, 5.41) is 2.76. The maximum absolute atomic E-state index is 13.7. The number of methoxy groups -OCH3 is 2. The normalized spacial score (nSPS) is 12.8. The van der Waals surface area contributed by atoms with Gasteiger partial charge in [-0.2, -0.15) is 0 Å². The molecule has 1 amide bonds. The lowest BCUT2D eigenvalue weighted by Crippen LogP contribution is -2.24. The highest BCUT2D eigenvalue weighted by atomic mass is 19.1. The van der Waals surface area contributed by atoms with Crippen LogP contribution in [0.3, 0.4) is 0 Å². The molecule has 6 nitrogen and oxygen atoms in total. The molecular weight excluding hydrogens is 329 g/mol. The Hall–Kier alpha value is -2.80. The zero-order chi connectivity index (χ0) is 17.8. The average molecular weight is 347 g/mol. The van der Waals surface area contributed by atoms with E-state index in [1.165, 1.54) is 26.4 Å². The van der Waals surface area contributed by atoms with E-state index in [4.69, 9.17) is 18.9 Å². The van der Waals surface area contributed by atoms with E-state index in [1.807, 2.05) is 0 Å². The van der Waals surface area contributed by atoms with E-state index in [9.17, 15) is 9.18 Å². The second-order valence-corrected chi connectivity index (χ2v) is 5.42. The lowest BCUT2D eigenvalue weighted by Gasteiger charge is -2.21. The predicted octanol–water partition coefficient (Wildman–Crippen LogP) is 2.64. The number of hydrogen-bond acceptors (Lipinski definition) is 5. The van der Waals surface area contributed by atoms with Crippen molar-refractivity contribution in [2.24, 2.45) is 0 Å². The van der Waals surface area contributed by atoms with Crippen molar-refractivity contribution < 1.29 is 28.1 Å². The summed E-state index contributed by atoms with van der Waals surface area (Å²) in [6, 6.07) is 7.58. The van der Waals surface area contributed by atoms with Crippen LogP contribution in [0.1, 0.15) is 21.5 Å². The van der Waals surface area contributed by atoms with Crippen LogP contribution in [0.25, 0.3) is 0 Å². The van der Waals surface area contributed by atoms with Gasteiger partial charge in [-0.1, -0.05) is 0 Å². The Morgan fingerprint density at radius 1 is 1.20 bits per heavy atom. The number of benzene rings is 2. The summed E-state index contributed by atoms with van der Waals surface area (Å²) in [5.41, 5.74) is 1.60. The molecule has 0 spiro atoms. The van der Waals surface area contributed by atoms with Crippen molar-refractivity contribution in [2.75, 3.05) is 21.0 Å². The summed E-state index contributed by atoms with van der Waals surface area (Å²) in [6.07, 6.45) is 0. The van der Waals surface area contributed by atoms with Crippen LogP contribution in [-0.4, -0.2) is 26.9 Å². The fraction of sp³-hybridized carbons (Fsp3) is 0.278. The summed E-state index contributed by atoms with van der Waals surface area (Å²) in [7, 11) is 3.02. The van der Waals surface area contributed by atoms with Gasteiger partial charge >= 0.3 is 0 Å². The minimum absolute atomic E-state index is 0.106. The first-order chi connectivity index (χ1) is 12.1. The van der Waals surface area contributed by atoms with Gasteiger partial charge in [0, 0.05) is 23.2 Å². The van der Waals surface area contributed by atoms with Crippen LogP contribution in [0, 0.1) is 5.82 Å². The summed E-state index contributed by atoms with van der Waals surface area (Å²) < 4.78 is 34.7. The molecule has 2 aromatic carbocycles. The number of rotatable bonds is 5. The fourth-order valence-electron chi connectivity index (χ4n) is 2.64. The molecule has 0 unspecified atom stereocenters. The summed E-state index contributed by atoms with van der Waals surface area (Å²) in [6.45, 7) is 0.520. The lowest BCUT2D eigenvalue weighted by molar-refractivity contribution is -0.0173. The SMILES string of the molecule is COc1ccc(C(=O)NCc2cc(F)cc3c2OCOC3)cc1OC. The third kappa shape index (κ3) is 3.66. The molecule has 0 aliphatic carbocycles. The fourth-order valence-corrected chi connectivity index (χ4v) is 2.64. The molecule has 1 aliphatic rings. The summed E-state index contributed by atoms with van der Waals surface area (Å²) in [5.74, 6) is 0.833. The number of carbonyl (C=O) groups is 1. The highest BCUT2D eigenvalue weighted by Crippen LogP contribution is 2.30. The van der Waals surface area contributed by atoms with Gasteiger partial charge in [-0.15, -0.1) is 0 Å². The molecule has 0 fully saturated rings. The first-order valence-corrected chi connectivity index (χ1v) is 7.64. The average Bonchev–Trinajstić information content (AvgIpc) is 2.65. The molecule has 0 saturated heterocycles. The van der Waals surface area contributed by atoms with E-state index >= 15 is 0 Å². The molecule has 3 rings (SSSR count). The van der Waals surface area contributed by atoms with Gasteiger partial charge in [0.05, 0.1) is 20.8 Å². The second-order valence-electron chi connectivity index (χ2n) is 5.42. The van der Waals surface area contributed by atoms with Gasteiger partial charge in [0.15, 0.2) is 18.3 Å². The van der Waals surface area contributed by atoms with Crippen molar-refractivity contribution in [1.29, 1.82) is 0 Å². The van der Waals surface area contributed by atoms with E-state index in [0.717, 1.165) is 0 Å². The molecule has 0 atom stereocenters. The van der Waals surface area contributed by atoms with E-state index in [0.29, 0.717) is 33.9 Å². The first kappa shape index (κ1) is 17.0. The third-order valence-corrected chi connectivity index (χ3v) is 3.84. The molecule has 0 radical (unpaired) electrons. The van der Waals surface area contributed by atoms with Gasteiger partial charge in [0.2, 0.25) is 0 Å². The number of halogens is 1. The zero-order valence-corrected chi connectivity index (χ0v) is 13.9. The molecule has 0 saturated carbocycles. The Labute approximate surface area is 144 Å². The number of nitrogens with one attached hydrogen (secondary N) is 1. The highest BCUT2D eigenvalue weighted by Gasteiger charge is 2.18. The maximum atomic E-state index is 13.7. The van der Waals surface area contributed by atoms with Crippen LogP contribution in [0.15, 0.2) is 30.3 Å². The monoisotopic (exact) mass is 347 g/mol. The maximum Gasteiger partial charge on any atom is 0.251 e. The van der Waals surface area contributed by atoms with Crippen molar-refractivity contribution in [1.82, 2.24) is 5.32 Å². The van der Waals surface area contributed by atoms with Crippen molar-refractivity contribution >= 4 is 5.91 Å².